The molecule has 19 heavy (non-hydrogen) atoms. The average Bonchev–Trinajstić information content (AvgIpc) is 2.38. The van der Waals surface area contributed by atoms with Gasteiger partial charge in [0.1, 0.15) is 0 Å². The molecular formula is C15H13BrClNO. The maximum absolute atomic E-state index is 11.8. The average molecular weight is 339 g/mol. The smallest absolute Gasteiger partial charge is 0.224 e. The lowest BCUT2D eigenvalue weighted by molar-refractivity contribution is -0.116. The summed E-state index contributed by atoms with van der Waals surface area (Å²) < 4.78 is 0.941. The van der Waals surface area contributed by atoms with Gasteiger partial charge >= 0.3 is 0 Å². The van der Waals surface area contributed by atoms with Gasteiger partial charge in [0.2, 0.25) is 5.91 Å². The standard InChI is InChI=1S/C15H13BrClNO/c16-12-5-3-6-13(10-12)18-15(19)9-8-11-4-1-2-7-14(11)17/h1-7,10H,8-9H2,(H,18,19). The number of aryl methyl sites for hydroxylation is 1. The molecule has 0 heterocycles. The Balaban J connectivity index is 1.90. The summed E-state index contributed by atoms with van der Waals surface area (Å²) in [5.74, 6) is -0.0157. The third-order valence-corrected chi connectivity index (χ3v) is 3.55. The lowest BCUT2D eigenvalue weighted by Gasteiger charge is -2.06. The van der Waals surface area contributed by atoms with Gasteiger partial charge in [-0.1, -0.05) is 51.8 Å². The van der Waals surface area contributed by atoms with Crippen molar-refractivity contribution in [3.8, 4) is 0 Å². The van der Waals surface area contributed by atoms with E-state index in [1.807, 2.05) is 48.5 Å². The fourth-order valence-corrected chi connectivity index (χ4v) is 2.37. The van der Waals surface area contributed by atoms with E-state index in [-0.39, 0.29) is 5.91 Å². The minimum absolute atomic E-state index is 0.0157. The molecule has 0 atom stereocenters. The third kappa shape index (κ3) is 4.37. The van der Waals surface area contributed by atoms with Crippen LogP contribution in [0.3, 0.4) is 0 Å². The zero-order valence-electron chi connectivity index (χ0n) is 10.2. The third-order valence-electron chi connectivity index (χ3n) is 2.69. The quantitative estimate of drug-likeness (QED) is 0.862. The molecule has 0 radical (unpaired) electrons. The second kappa shape index (κ2) is 6.73. The van der Waals surface area contributed by atoms with Crippen LogP contribution >= 0.6 is 27.5 Å². The van der Waals surface area contributed by atoms with Crippen molar-refractivity contribution in [2.75, 3.05) is 5.32 Å². The topological polar surface area (TPSA) is 29.1 Å². The summed E-state index contributed by atoms with van der Waals surface area (Å²) in [6.07, 6.45) is 1.05. The summed E-state index contributed by atoms with van der Waals surface area (Å²) in [5, 5.41) is 3.57. The molecule has 0 aliphatic carbocycles. The molecule has 2 rings (SSSR count). The second-order valence-electron chi connectivity index (χ2n) is 4.15. The summed E-state index contributed by atoms with van der Waals surface area (Å²) in [7, 11) is 0. The van der Waals surface area contributed by atoms with E-state index in [9.17, 15) is 4.79 Å². The van der Waals surface area contributed by atoms with Crippen molar-refractivity contribution < 1.29 is 4.79 Å². The Bertz CT molecular complexity index is 586. The van der Waals surface area contributed by atoms with Gasteiger partial charge in [0.25, 0.3) is 0 Å². The number of amides is 1. The lowest BCUT2D eigenvalue weighted by atomic mass is 10.1. The molecule has 1 amide bonds. The second-order valence-corrected chi connectivity index (χ2v) is 5.47. The summed E-state index contributed by atoms with van der Waals surface area (Å²) >= 11 is 9.42. The monoisotopic (exact) mass is 337 g/mol. The summed E-state index contributed by atoms with van der Waals surface area (Å²) in [5.41, 5.74) is 1.78. The van der Waals surface area contributed by atoms with Gasteiger partial charge in [0.05, 0.1) is 0 Å². The number of carbonyl (C=O) groups is 1. The lowest BCUT2D eigenvalue weighted by Crippen LogP contribution is -2.12. The Kier molecular flexibility index (Phi) is 5.00. The highest BCUT2D eigenvalue weighted by Crippen LogP contribution is 2.18. The van der Waals surface area contributed by atoms with Crippen LogP contribution in [-0.4, -0.2) is 5.91 Å². The van der Waals surface area contributed by atoms with Crippen LogP contribution in [0, 0.1) is 0 Å². The van der Waals surface area contributed by atoms with E-state index >= 15 is 0 Å². The van der Waals surface area contributed by atoms with Crippen molar-refractivity contribution in [3.05, 3.63) is 63.6 Å². The highest BCUT2D eigenvalue weighted by molar-refractivity contribution is 9.10. The molecule has 0 aromatic heterocycles. The number of hydrogen-bond acceptors (Lipinski definition) is 1. The van der Waals surface area contributed by atoms with E-state index < -0.39 is 0 Å². The van der Waals surface area contributed by atoms with Crippen molar-refractivity contribution in [2.45, 2.75) is 12.8 Å². The SMILES string of the molecule is O=C(CCc1ccccc1Cl)Nc1cccc(Br)c1. The first-order valence-corrected chi connectivity index (χ1v) is 7.11. The van der Waals surface area contributed by atoms with E-state index in [1.54, 1.807) is 0 Å². The van der Waals surface area contributed by atoms with Gasteiger partial charge in [-0.25, -0.2) is 0 Å². The summed E-state index contributed by atoms with van der Waals surface area (Å²) in [6, 6.07) is 15.1. The van der Waals surface area contributed by atoms with Crippen molar-refractivity contribution in [1.82, 2.24) is 0 Å². The van der Waals surface area contributed by atoms with Crippen LogP contribution in [-0.2, 0) is 11.2 Å². The predicted molar refractivity (Wildman–Crippen MR) is 82.5 cm³/mol. The maximum atomic E-state index is 11.8. The first kappa shape index (κ1) is 14.1. The van der Waals surface area contributed by atoms with Crippen molar-refractivity contribution in [3.63, 3.8) is 0 Å². The zero-order valence-corrected chi connectivity index (χ0v) is 12.5. The van der Waals surface area contributed by atoms with Crippen LogP contribution in [0.2, 0.25) is 5.02 Å². The van der Waals surface area contributed by atoms with Crippen molar-refractivity contribution in [2.24, 2.45) is 0 Å². The summed E-state index contributed by atoms with van der Waals surface area (Å²) in [4.78, 5) is 11.8. The zero-order chi connectivity index (χ0) is 13.7. The maximum Gasteiger partial charge on any atom is 0.224 e. The molecule has 1 N–H and O–H groups in total. The Morgan fingerprint density at radius 2 is 1.95 bits per heavy atom. The molecule has 0 fully saturated rings. The Hall–Kier alpha value is -1.32. The molecule has 0 saturated heterocycles. The largest absolute Gasteiger partial charge is 0.326 e. The van der Waals surface area contributed by atoms with Crippen LogP contribution in [0.1, 0.15) is 12.0 Å². The minimum Gasteiger partial charge on any atom is -0.326 e. The van der Waals surface area contributed by atoms with E-state index in [0.717, 1.165) is 15.7 Å². The Morgan fingerprint density at radius 1 is 1.16 bits per heavy atom. The van der Waals surface area contributed by atoms with Crippen LogP contribution in [0.4, 0.5) is 5.69 Å². The number of nitrogens with one attached hydrogen (secondary N) is 1. The molecule has 98 valence electrons. The van der Waals surface area contributed by atoms with E-state index in [0.29, 0.717) is 17.9 Å². The molecule has 2 aromatic rings. The van der Waals surface area contributed by atoms with Crippen LogP contribution in [0.25, 0.3) is 0 Å². The summed E-state index contributed by atoms with van der Waals surface area (Å²) in [6.45, 7) is 0. The van der Waals surface area contributed by atoms with Crippen molar-refractivity contribution in [1.29, 1.82) is 0 Å². The van der Waals surface area contributed by atoms with E-state index in [2.05, 4.69) is 21.2 Å². The fraction of sp³-hybridized carbons (Fsp3) is 0.133. The Morgan fingerprint density at radius 3 is 2.68 bits per heavy atom. The van der Waals surface area contributed by atoms with E-state index in [1.165, 1.54) is 0 Å². The van der Waals surface area contributed by atoms with Gasteiger partial charge in [-0.15, -0.1) is 0 Å². The molecule has 2 nitrogen and oxygen atoms in total. The molecule has 4 heteroatoms. The Labute approximate surface area is 125 Å². The molecular weight excluding hydrogens is 326 g/mol. The van der Waals surface area contributed by atoms with Gasteiger partial charge in [-0.3, -0.25) is 4.79 Å². The molecule has 0 bridgehead atoms. The molecule has 2 aromatic carbocycles. The highest BCUT2D eigenvalue weighted by Gasteiger charge is 2.05. The van der Waals surface area contributed by atoms with Crippen LogP contribution < -0.4 is 5.32 Å². The molecule has 0 aliphatic heterocycles. The van der Waals surface area contributed by atoms with Gasteiger partial charge in [-0.2, -0.15) is 0 Å². The number of halogens is 2. The van der Waals surface area contributed by atoms with Gasteiger partial charge < -0.3 is 5.32 Å². The first-order valence-electron chi connectivity index (χ1n) is 5.94. The molecule has 0 aliphatic rings. The number of carbonyl (C=O) groups excluding carboxylic acids is 1. The number of anilines is 1. The number of hydrogen-bond donors (Lipinski definition) is 1. The minimum atomic E-state index is -0.0157. The van der Waals surface area contributed by atoms with Gasteiger partial charge in [-0.05, 0) is 36.2 Å². The fourth-order valence-electron chi connectivity index (χ4n) is 1.74. The molecule has 0 saturated carbocycles. The molecule has 0 unspecified atom stereocenters. The normalized spacial score (nSPS) is 10.2. The van der Waals surface area contributed by atoms with Gasteiger partial charge in [0.15, 0.2) is 0 Å². The first-order chi connectivity index (χ1) is 9.15. The molecule has 0 spiro atoms. The highest BCUT2D eigenvalue weighted by atomic mass is 79.9. The van der Waals surface area contributed by atoms with Crippen LogP contribution in [0.5, 0.6) is 0 Å². The predicted octanol–water partition coefficient (Wildman–Crippen LogP) is 4.67. The van der Waals surface area contributed by atoms with Crippen LogP contribution in [0.15, 0.2) is 53.0 Å². The number of benzene rings is 2. The van der Waals surface area contributed by atoms with Crippen molar-refractivity contribution >= 4 is 39.1 Å². The number of rotatable bonds is 4. The van der Waals surface area contributed by atoms with E-state index in [4.69, 9.17) is 11.6 Å². The van der Waals surface area contributed by atoms with Gasteiger partial charge in [0, 0.05) is 21.6 Å².